The van der Waals surface area contributed by atoms with E-state index in [0.29, 0.717) is 36.5 Å². The first-order valence-corrected chi connectivity index (χ1v) is 13.7. The lowest BCUT2D eigenvalue weighted by Gasteiger charge is -2.64. The van der Waals surface area contributed by atoms with Crippen LogP contribution in [0.3, 0.4) is 0 Å². The molecule has 5 aliphatic rings. The zero-order valence-electron chi connectivity index (χ0n) is 21.5. The number of hydrogen-bond donors (Lipinski definition) is 2. The molecule has 2 saturated carbocycles. The number of aromatic hydroxyl groups is 1. The molecule has 1 spiro atoms. The lowest BCUT2D eigenvalue weighted by Crippen LogP contribution is -2.78. The van der Waals surface area contributed by atoms with Crippen LogP contribution in [0.4, 0.5) is 5.69 Å². The molecule has 2 aliphatic heterocycles. The average Bonchev–Trinajstić information content (AvgIpc) is 3.64. The number of nitro groups is 1. The molecule has 3 aliphatic carbocycles. The van der Waals surface area contributed by atoms with Crippen molar-refractivity contribution >= 4 is 11.6 Å². The number of carbonyl (C=O) groups excluding carboxylic acids is 1. The number of aliphatic hydroxyl groups is 1. The number of piperidine rings is 1. The van der Waals surface area contributed by atoms with E-state index < -0.39 is 22.0 Å². The number of hydrogen-bond acceptors (Lipinski definition) is 7. The maximum atomic E-state index is 13.5. The first-order valence-electron chi connectivity index (χ1n) is 13.7. The van der Waals surface area contributed by atoms with Crippen molar-refractivity contribution in [1.29, 1.82) is 0 Å². The SMILES string of the molecule is CN(C(=O)Cc1cccc([N+](=O)[O-])c1)[C@@H]1CC[C@@]2(O)[C@H]3Cc4ccc(O)c5c4[C@@]2(CCN3CC2CC2)[C@H]1O5. The number of non-ortho nitro benzene ring substituents is 1. The number of nitro benzene ring substituents is 1. The third-order valence-corrected chi connectivity index (χ3v) is 10.1. The van der Waals surface area contributed by atoms with Crippen molar-refractivity contribution in [3.8, 4) is 11.5 Å². The van der Waals surface area contributed by atoms with E-state index in [4.69, 9.17) is 4.74 Å². The summed E-state index contributed by atoms with van der Waals surface area (Å²) >= 11 is 0. The number of phenols is 1. The molecule has 2 heterocycles. The fourth-order valence-corrected chi connectivity index (χ4v) is 8.12. The van der Waals surface area contributed by atoms with Gasteiger partial charge in [-0.2, -0.15) is 0 Å². The van der Waals surface area contributed by atoms with Gasteiger partial charge in [0.2, 0.25) is 5.91 Å². The van der Waals surface area contributed by atoms with E-state index in [1.165, 1.54) is 25.0 Å². The van der Waals surface area contributed by atoms with Crippen molar-refractivity contribution in [2.24, 2.45) is 5.92 Å². The summed E-state index contributed by atoms with van der Waals surface area (Å²) in [5.41, 5.74) is 0.921. The molecular formula is C29H33N3O6. The van der Waals surface area contributed by atoms with Gasteiger partial charge < -0.3 is 19.8 Å². The summed E-state index contributed by atoms with van der Waals surface area (Å²) in [6.07, 6.45) is 4.65. The predicted molar refractivity (Wildman–Crippen MR) is 138 cm³/mol. The highest BCUT2D eigenvalue weighted by Gasteiger charge is 2.73. The number of phenolic OH excluding ortho intramolecular Hbond substituents is 1. The summed E-state index contributed by atoms with van der Waals surface area (Å²) in [5.74, 6) is 1.11. The van der Waals surface area contributed by atoms with Crippen molar-refractivity contribution in [3.63, 3.8) is 0 Å². The minimum atomic E-state index is -1.00. The van der Waals surface area contributed by atoms with Crippen LogP contribution in [-0.4, -0.2) is 74.8 Å². The van der Waals surface area contributed by atoms with Gasteiger partial charge in [0.15, 0.2) is 11.5 Å². The Morgan fingerprint density at radius 2 is 2.05 bits per heavy atom. The van der Waals surface area contributed by atoms with E-state index in [1.807, 2.05) is 6.07 Å². The summed E-state index contributed by atoms with van der Waals surface area (Å²) in [6, 6.07) is 9.55. The Hall–Kier alpha value is -3.17. The zero-order valence-corrected chi connectivity index (χ0v) is 21.5. The van der Waals surface area contributed by atoms with Crippen molar-refractivity contribution in [3.05, 3.63) is 63.2 Å². The maximum absolute atomic E-state index is 13.5. The fourth-order valence-electron chi connectivity index (χ4n) is 8.12. The number of nitrogens with zero attached hydrogens (tertiary/aromatic N) is 3. The monoisotopic (exact) mass is 519 g/mol. The molecule has 9 nitrogen and oxygen atoms in total. The molecule has 9 heteroatoms. The van der Waals surface area contributed by atoms with Crippen LogP contribution in [-0.2, 0) is 23.1 Å². The molecule has 3 fully saturated rings. The van der Waals surface area contributed by atoms with Crippen molar-refractivity contribution < 1.29 is 24.7 Å². The highest BCUT2D eigenvalue weighted by Crippen LogP contribution is 2.66. The highest BCUT2D eigenvalue weighted by atomic mass is 16.6. The normalized spacial score (nSPS) is 32.8. The number of likely N-dealkylation sites (tertiary alicyclic amines) is 1. The molecule has 2 bridgehead atoms. The van der Waals surface area contributed by atoms with Crippen LogP contribution in [0.2, 0.25) is 0 Å². The Balaban J connectivity index is 1.24. The van der Waals surface area contributed by atoms with Gasteiger partial charge in [0.05, 0.1) is 28.4 Å². The van der Waals surface area contributed by atoms with Crippen LogP contribution in [0.15, 0.2) is 36.4 Å². The molecule has 1 amide bonds. The highest BCUT2D eigenvalue weighted by molar-refractivity contribution is 5.79. The lowest BCUT2D eigenvalue weighted by molar-refractivity contribution is -0.384. The first-order chi connectivity index (χ1) is 18.2. The quantitative estimate of drug-likeness (QED) is 0.445. The van der Waals surface area contributed by atoms with Gasteiger partial charge >= 0.3 is 0 Å². The van der Waals surface area contributed by atoms with Crippen molar-refractivity contribution in [2.75, 3.05) is 20.1 Å². The Kier molecular flexibility index (Phi) is 5.14. The summed E-state index contributed by atoms with van der Waals surface area (Å²) in [7, 11) is 1.76. The number of amides is 1. The second-order valence-corrected chi connectivity index (χ2v) is 12.0. The van der Waals surface area contributed by atoms with Crippen LogP contribution in [0, 0.1) is 16.0 Å². The third-order valence-electron chi connectivity index (χ3n) is 10.1. The van der Waals surface area contributed by atoms with E-state index in [2.05, 4.69) is 4.90 Å². The minimum Gasteiger partial charge on any atom is -0.504 e. The standard InChI is InChI=1S/C29H33N3O6/c1-30(24(34)14-18-3-2-4-20(13-18)32(36)37)21-9-10-29(35)23-15-19-7-8-22(33)26-25(19)28(29,27(21)38-26)11-12-31(23)16-17-5-6-17/h2-4,7-8,13,17,21,23,27,33,35H,5-6,9-12,14-16H2,1H3/t21-,23-,27+,28+,29-/m1/s1. The second-order valence-electron chi connectivity index (χ2n) is 12.0. The molecule has 38 heavy (non-hydrogen) atoms. The molecule has 2 aromatic carbocycles. The minimum absolute atomic E-state index is 0.0160. The topological polar surface area (TPSA) is 116 Å². The van der Waals surface area contributed by atoms with Crippen LogP contribution in [0.1, 0.15) is 48.8 Å². The van der Waals surface area contributed by atoms with Crippen LogP contribution >= 0.6 is 0 Å². The zero-order chi connectivity index (χ0) is 26.4. The Bertz CT molecular complexity index is 1340. The first kappa shape index (κ1) is 23.9. The number of benzene rings is 2. The van der Waals surface area contributed by atoms with Gasteiger partial charge in [0.25, 0.3) is 5.69 Å². The summed E-state index contributed by atoms with van der Waals surface area (Å²) in [5, 5.41) is 34.6. The Labute approximate surface area is 221 Å². The molecule has 200 valence electrons. The van der Waals surface area contributed by atoms with Gasteiger partial charge in [-0.15, -0.1) is 0 Å². The van der Waals surface area contributed by atoms with Gasteiger partial charge in [-0.1, -0.05) is 18.2 Å². The van der Waals surface area contributed by atoms with E-state index in [1.54, 1.807) is 30.1 Å². The van der Waals surface area contributed by atoms with E-state index >= 15 is 0 Å². The number of rotatable bonds is 6. The molecule has 2 N–H and O–H groups in total. The Morgan fingerprint density at radius 3 is 2.82 bits per heavy atom. The Morgan fingerprint density at radius 1 is 1.24 bits per heavy atom. The molecule has 7 rings (SSSR count). The molecule has 0 aromatic heterocycles. The summed E-state index contributed by atoms with van der Waals surface area (Å²) < 4.78 is 6.58. The summed E-state index contributed by atoms with van der Waals surface area (Å²) in [6.45, 7) is 1.87. The molecule has 1 saturated heterocycles. The van der Waals surface area contributed by atoms with Crippen molar-refractivity contribution in [1.82, 2.24) is 9.80 Å². The van der Waals surface area contributed by atoms with E-state index in [0.717, 1.165) is 30.6 Å². The van der Waals surface area contributed by atoms with Gasteiger partial charge in [0.1, 0.15) is 6.10 Å². The van der Waals surface area contributed by atoms with Crippen LogP contribution < -0.4 is 4.74 Å². The van der Waals surface area contributed by atoms with E-state index in [-0.39, 0.29) is 35.8 Å². The maximum Gasteiger partial charge on any atom is 0.269 e. The van der Waals surface area contributed by atoms with Crippen LogP contribution in [0.5, 0.6) is 11.5 Å². The van der Waals surface area contributed by atoms with Gasteiger partial charge in [-0.05, 0) is 68.2 Å². The van der Waals surface area contributed by atoms with Gasteiger partial charge in [0, 0.05) is 37.3 Å². The van der Waals surface area contributed by atoms with Crippen LogP contribution in [0.25, 0.3) is 0 Å². The predicted octanol–water partition coefficient (Wildman–Crippen LogP) is 2.93. The second kappa shape index (κ2) is 8.16. The molecule has 5 atom stereocenters. The summed E-state index contributed by atoms with van der Waals surface area (Å²) in [4.78, 5) is 28.4. The smallest absolute Gasteiger partial charge is 0.269 e. The van der Waals surface area contributed by atoms with E-state index in [9.17, 15) is 25.1 Å². The lowest BCUT2D eigenvalue weighted by atomic mass is 9.48. The molecule has 0 radical (unpaired) electrons. The third kappa shape index (κ3) is 3.21. The number of carbonyl (C=O) groups is 1. The number of likely N-dealkylation sites (N-methyl/N-ethyl adjacent to an activating group) is 1. The van der Waals surface area contributed by atoms with Crippen molar-refractivity contribution in [2.45, 2.75) is 74.1 Å². The fraction of sp³-hybridized carbons (Fsp3) is 0.552. The largest absolute Gasteiger partial charge is 0.504 e. The van der Waals surface area contributed by atoms with Gasteiger partial charge in [-0.25, -0.2) is 0 Å². The molecule has 0 unspecified atom stereocenters. The molecule has 2 aromatic rings. The molecular weight excluding hydrogens is 486 g/mol. The number of ether oxygens (including phenoxy) is 1. The average molecular weight is 520 g/mol. The van der Waals surface area contributed by atoms with Gasteiger partial charge in [-0.3, -0.25) is 19.8 Å².